The molecule has 1 aliphatic carbocycles. The number of carbonyl (C=O) groups is 1. The number of rotatable bonds is 7. The summed E-state index contributed by atoms with van der Waals surface area (Å²) in [5.74, 6) is 2.47. The summed E-state index contributed by atoms with van der Waals surface area (Å²) in [5, 5.41) is 6.88. The van der Waals surface area contributed by atoms with Crippen molar-refractivity contribution < 1.29 is 4.79 Å². The van der Waals surface area contributed by atoms with Gasteiger partial charge in [-0.25, -0.2) is 0 Å². The van der Waals surface area contributed by atoms with E-state index in [0.717, 1.165) is 57.2 Å². The van der Waals surface area contributed by atoms with Crippen molar-refractivity contribution in [3.63, 3.8) is 0 Å². The Balaban J connectivity index is 1.43. The number of hydrogen-bond acceptors (Lipinski definition) is 3. The van der Waals surface area contributed by atoms with Crippen LogP contribution in [0.1, 0.15) is 44.6 Å². The number of carbonyl (C=O) groups excluding carboxylic acids is 1. The fraction of sp³-hybridized carbons (Fsp3) is 0.636. The summed E-state index contributed by atoms with van der Waals surface area (Å²) in [6, 6.07) is 8.93. The number of nitrogens with one attached hydrogen (secondary N) is 2. The standard InChI is InChI=1S/C22H34N4OS/c1-3-23-22(24-13-15-28-20-10-8-17(2)9-11-20)25-19-12-14-26(16-19)21(27)18-6-4-5-7-18/h8-11,18-19H,3-7,12-16H2,1-2H3,(H2,23,24,25). The Morgan fingerprint density at radius 1 is 1.21 bits per heavy atom. The lowest BCUT2D eigenvalue weighted by Crippen LogP contribution is -2.45. The van der Waals surface area contributed by atoms with Gasteiger partial charge in [0.05, 0.1) is 6.54 Å². The van der Waals surface area contributed by atoms with Gasteiger partial charge in [0.1, 0.15) is 0 Å². The number of thioether (sulfide) groups is 1. The first-order chi connectivity index (χ1) is 13.7. The summed E-state index contributed by atoms with van der Waals surface area (Å²) in [4.78, 5) is 20.7. The predicted octanol–water partition coefficient (Wildman–Crippen LogP) is 3.43. The van der Waals surface area contributed by atoms with E-state index in [2.05, 4.69) is 53.6 Å². The molecule has 0 bridgehead atoms. The second-order valence-electron chi connectivity index (χ2n) is 7.82. The number of aryl methyl sites for hydroxylation is 1. The van der Waals surface area contributed by atoms with Crippen LogP contribution < -0.4 is 10.6 Å². The number of amides is 1. The van der Waals surface area contributed by atoms with Crippen LogP contribution in [0.2, 0.25) is 0 Å². The Morgan fingerprint density at radius 2 is 1.96 bits per heavy atom. The lowest BCUT2D eigenvalue weighted by Gasteiger charge is -2.21. The largest absolute Gasteiger partial charge is 0.357 e. The molecule has 1 aromatic rings. The summed E-state index contributed by atoms with van der Waals surface area (Å²) in [6.45, 7) is 7.48. The summed E-state index contributed by atoms with van der Waals surface area (Å²) in [6.07, 6.45) is 5.58. The molecule has 1 heterocycles. The van der Waals surface area contributed by atoms with Gasteiger partial charge < -0.3 is 15.5 Å². The first-order valence-corrected chi connectivity index (χ1v) is 11.7. The van der Waals surface area contributed by atoms with Gasteiger partial charge in [0, 0.05) is 42.2 Å². The molecule has 154 valence electrons. The Morgan fingerprint density at radius 3 is 2.68 bits per heavy atom. The third kappa shape index (κ3) is 6.16. The molecule has 28 heavy (non-hydrogen) atoms. The Bertz CT molecular complexity index is 655. The van der Waals surface area contributed by atoms with Gasteiger partial charge in [-0.1, -0.05) is 30.5 Å². The minimum atomic E-state index is 0.277. The maximum atomic E-state index is 12.6. The second-order valence-corrected chi connectivity index (χ2v) is 8.99. The van der Waals surface area contributed by atoms with Gasteiger partial charge in [0.2, 0.25) is 5.91 Å². The van der Waals surface area contributed by atoms with Crippen molar-refractivity contribution in [1.29, 1.82) is 0 Å². The minimum Gasteiger partial charge on any atom is -0.357 e. The maximum absolute atomic E-state index is 12.6. The van der Waals surface area contributed by atoms with Crippen molar-refractivity contribution in [3.05, 3.63) is 29.8 Å². The molecule has 1 atom stereocenters. The van der Waals surface area contributed by atoms with Gasteiger partial charge in [-0.15, -0.1) is 11.8 Å². The number of guanidine groups is 1. The Kier molecular flexibility index (Phi) is 8.07. The molecule has 0 radical (unpaired) electrons. The highest BCUT2D eigenvalue weighted by Crippen LogP contribution is 2.27. The van der Waals surface area contributed by atoms with Gasteiger partial charge in [-0.3, -0.25) is 9.79 Å². The molecule has 2 aliphatic rings. The molecule has 1 amide bonds. The molecule has 1 aromatic carbocycles. The van der Waals surface area contributed by atoms with E-state index in [1.54, 1.807) is 0 Å². The van der Waals surface area contributed by atoms with Gasteiger partial charge >= 0.3 is 0 Å². The van der Waals surface area contributed by atoms with Crippen LogP contribution in [0.4, 0.5) is 0 Å². The molecule has 1 saturated heterocycles. The molecule has 1 saturated carbocycles. The minimum absolute atomic E-state index is 0.277. The van der Waals surface area contributed by atoms with E-state index >= 15 is 0 Å². The van der Waals surface area contributed by atoms with Crippen LogP contribution in [-0.2, 0) is 4.79 Å². The highest BCUT2D eigenvalue weighted by molar-refractivity contribution is 7.99. The van der Waals surface area contributed by atoms with E-state index in [1.807, 2.05) is 11.8 Å². The fourth-order valence-electron chi connectivity index (χ4n) is 3.98. The average molecular weight is 403 g/mol. The third-order valence-electron chi connectivity index (χ3n) is 5.54. The summed E-state index contributed by atoms with van der Waals surface area (Å²) < 4.78 is 0. The van der Waals surface area contributed by atoms with Crippen LogP contribution in [0, 0.1) is 12.8 Å². The summed E-state index contributed by atoms with van der Waals surface area (Å²) in [5.41, 5.74) is 1.29. The number of hydrogen-bond donors (Lipinski definition) is 2. The molecule has 6 heteroatoms. The molecule has 5 nitrogen and oxygen atoms in total. The molecule has 2 N–H and O–H groups in total. The van der Waals surface area contributed by atoms with Crippen molar-refractivity contribution >= 4 is 23.6 Å². The zero-order valence-corrected chi connectivity index (χ0v) is 18.1. The Hall–Kier alpha value is -1.69. The quantitative estimate of drug-likeness (QED) is 0.317. The maximum Gasteiger partial charge on any atom is 0.225 e. The lowest BCUT2D eigenvalue weighted by molar-refractivity contribution is -0.134. The van der Waals surface area contributed by atoms with E-state index in [4.69, 9.17) is 4.99 Å². The molecular weight excluding hydrogens is 368 g/mol. The normalized spacial score (nSPS) is 20.6. The first-order valence-electron chi connectivity index (χ1n) is 10.7. The van der Waals surface area contributed by atoms with Gasteiger partial charge in [-0.05, 0) is 45.2 Å². The highest BCUT2D eigenvalue weighted by atomic mass is 32.2. The van der Waals surface area contributed by atoms with E-state index < -0.39 is 0 Å². The van der Waals surface area contributed by atoms with Crippen LogP contribution in [0.3, 0.4) is 0 Å². The molecular formula is C22H34N4OS. The van der Waals surface area contributed by atoms with Crippen LogP contribution in [0.5, 0.6) is 0 Å². The number of likely N-dealkylation sites (tertiary alicyclic amines) is 1. The monoisotopic (exact) mass is 402 g/mol. The molecule has 1 unspecified atom stereocenters. The first kappa shape index (κ1) is 21.0. The summed E-state index contributed by atoms with van der Waals surface area (Å²) >= 11 is 1.83. The van der Waals surface area contributed by atoms with Gasteiger partial charge in [-0.2, -0.15) is 0 Å². The molecule has 0 spiro atoms. The zero-order chi connectivity index (χ0) is 19.8. The molecule has 2 fully saturated rings. The molecule has 1 aliphatic heterocycles. The fourth-order valence-corrected chi connectivity index (χ4v) is 4.72. The lowest BCUT2D eigenvalue weighted by atomic mass is 10.1. The number of benzene rings is 1. The van der Waals surface area contributed by atoms with Crippen molar-refractivity contribution in [2.75, 3.05) is 31.9 Å². The topological polar surface area (TPSA) is 56.7 Å². The van der Waals surface area contributed by atoms with Crippen molar-refractivity contribution in [3.8, 4) is 0 Å². The molecule has 0 aromatic heterocycles. The highest BCUT2D eigenvalue weighted by Gasteiger charge is 2.32. The van der Waals surface area contributed by atoms with Gasteiger partial charge in [0.15, 0.2) is 5.96 Å². The zero-order valence-electron chi connectivity index (χ0n) is 17.2. The predicted molar refractivity (Wildman–Crippen MR) is 118 cm³/mol. The average Bonchev–Trinajstić information content (AvgIpc) is 3.38. The van der Waals surface area contributed by atoms with Crippen molar-refractivity contribution in [2.45, 2.75) is 56.9 Å². The Labute approximate surface area is 173 Å². The van der Waals surface area contributed by atoms with Crippen LogP contribution in [-0.4, -0.2) is 54.7 Å². The van der Waals surface area contributed by atoms with Crippen molar-refractivity contribution in [1.82, 2.24) is 15.5 Å². The third-order valence-corrected chi connectivity index (χ3v) is 6.53. The van der Waals surface area contributed by atoms with E-state index in [1.165, 1.54) is 23.3 Å². The van der Waals surface area contributed by atoms with Crippen molar-refractivity contribution in [2.24, 2.45) is 10.9 Å². The number of nitrogens with zero attached hydrogens (tertiary/aromatic N) is 2. The van der Waals surface area contributed by atoms with Crippen LogP contribution in [0.15, 0.2) is 34.2 Å². The smallest absolute Gasteiger partial charge is 0.225 e. The van der Waals surface area contributed by atoms with E-state index in [-0.39, 0.29) is 5.92 Å². The van der Waals surface area contributed by atoms with E-state index in [9.17, 15) is 4.79 Å². The summed E-state index contributed by atoms with van der Waals surface area (Å²) in [7, 11) is 0. The van der Waals surface area contributed by atoms with Crippen LogP contribution >= 0.6 is 11.8 Å². The van der Waals surface area contributed by atoms with Gasteiger partial charge in [0.25, 0.3) is 0 Å². The SMILES string of the molecule is CCNC(=NCCSc1ccc(C)cc1)NC1CCN(C(=O)C2CCCC2)C1. The molecule has 3 rings (SSSR count). The van der Waals surface area contributed by atoms with E-state index in [0.29, 0.717) is 11.9 Å². The second kappa shape index (κ2) is 10.7. The number of aliphatic imine (C=N–C) groups is 1. The van der Waals surface area contributed by atoms with Crippen LogP contribution in [0.25, 0.3) is 0 Å².